The van der Waals surface area contributed by atoms with Crippen LogP contribution in [0.5, 0.6) is 0 Å². The van der Waals surface area contributed by atoms with Gasteiger partial charge < -0.3 is 0 Å². The lowest BCUT2D eigenvalue weighted by Gasteiger charge is -1.85. The number of aromatic nitrogens is 1. The molecule has 1 aliphatic heterocycles. The van der Waals surface area contributed by atoms with Gasteiger partial charge in [0.2, 0.25) is 5.52 Å². The van der Waals surface area contributed by atoms with Gasteiger partial charge >= 0.3 is 0 Å². The molecule has 0 saturated carbocycles. The van der Waals surface area contributed by atoms with E-state index in [1.54, 1.807) is 0 Å². The van der Waals surface area contributed by atoms with E-state index in [4.69, 9.17) is 0 Å². The van der Waals surface area contributed by atoms with Gasteiger partial charge in [0.1, 0.15) is 4.70 Å². The zero-order valence-electron chi connectivity index (χ0n) is 6.53. The quantitative estimate of drug-likeness (QED) is 0.539. The average molecular weight is 174 g/mol. The number of allylic oxidation sites excluding steroid dienone is 1. The molecule has 1 aromatic carbocycles. The summed E-state index contributed by atoms with van der Waals surface area (Å²) in [4.78, 5) is 0. The van der Waals surface area contributed by atoms with E-state index >= 15 is 0 Å². The van der Waals surface area contributed by atoms with Crippen molar-refractivity contribution in [3.63, 3.8) is 0 Å². The van der Waals surface area contributed by atoms with Crippen LogP contribution in [-0.2, 0) is 6.54 Å². The molecule has 1 nitrogen and oxygen atoms in total. The minimum absolute atomic E-state index is 1.04. The molecule has 0 fully saturated rings. The van der Waals surface area contributed by atoms with Gasteiger partial charge in [-0.05, 0) is 12.1 Å². The lowest BCUT2D eigenvalue weighted by molar-refractivity contribution is -0.654. The molecule has 58 valence electrons. The Labute approximate surface area is 74.6 Å². The van der Waals surface area contributed by atoms with Gasteiger partial charge in [-0.25, -0.2) is 0 Å². The van der Waals surface area contributed by atoms with Crippen LogP contribution in [0.25, 0.3) is 16.3 Å². The SMILES string of the molecule is C1=Cc2sc3ccccc3[n+]2C1. The Balaban J connectivity index is 2.49. The molecule has 2 heterocycles. The van der Waals surface area contributed by atoms with Crippen LogP contribution in [0.15, 0.2) is 30.3 Å². The molecule has 0 aliphatic carbocycles. The fraction of sp³-hybridized carbons (Fsp3) is 0.100. The highest BCUT2D eigenvalue weighted by Gasteiger charge is 2.20. The second-order valence-corrected chi connectivity index (χ2v) is 3.98. The Bertz CT molecular complexity index is 468. The highest BCUT2D eigenvalue weighted by atomic mass is 32.1. The molecule has 2 aromatic rings. The van der Waals surface area contributed by atoms with Crippen LogP contribution in [0.1, 0.15) is 5.01 Å². The van der Waals surface area contributed by atoms with E-state index in [-0.39, 0.29) is 0 Å². The molecule has 0 radical (unpaired) electrons. The van der Waals surface area contributed by atoms with Gasteiger partial charge in [0.25, 0.3) is 5.01 Å². The lowest BCUT2D eigenvalue weighted by atomic mass is 10.3. The summed E-state index contributed by atoms with van der Waals surface area (Å²) in [6.07, 6.45) is 4.41. The van der Waals surface area contributed by atoms with E-state index in [0.717, 1.165) is 6.54 Å². The second-order valence-electron chi connectivity index (χ2n) is 2.92. The predicted octanol–water partition coefficient (Wildman–Crippen LogP) is 2.22. The predicted molar refractivity (Wildman–Crippen MR) is 51.1 cm³/mol. The standard InChI is InChI=1S/C10H8NS/c1-2-5-9-8(4-1)11-7-3-6-10(11)12-9/h1-6H,7H2/q+1. The number of fused-ring (bicyclic) bond motifs is 3. The molecule has 12 heavy (non-hydrogen) atoms. The number of hydrogen-bond acceptors (Lipinski definition) is 1. The molecular formula is C10H8NS+. The van der Waals surface area contributed by atoms with Crippen molar-refractivity contribution in [3.8, 4) is 0 Å². The van der Waals surface area contributed by atoms with E-state index in [9.17, 15) is 0 Å². The van der Waals surface area contributed by atoms with Crippen LogP contribution >= 0.6 is 11.3 Å². The molecule has 0 atom stereocenters. The summed E-state index contributed by atoms with van der Waals surface area (Å²) in [5, 5.41) is 1.37. The average Bonchev–Trinajstić information content (AvgIpc) is 2.62. The summed E-state index contributed by atoms with van der Waals surface area (Å²) in [7, 11) is 0. The van der Waals surface area contributed by atoms with Crippen molar-refractivity contribution in [1.82, 2.24) is 0 Å². The minimum Gasteiger partial charge on any atom is -0.178 e. The third-order valence-corrected chi connectivity index (χ3v) is 3.32. The molecule has 0 bridgehead atoms. The molecule has 2 heteroatoms. The number of thiazole rings is 1. The molecular weight excluding hydrogens is 166 g/mol. The number of para-hydroxylation sites is 1. The first-order valence-electron chi connectivity index (χ1n) is 4.03. The normalized spacial score (nSPS) is 14.0. The van der Waals surface area contributed by atoms with Crippen molar-refractivity contribution in [2.45, 2.75) is 6.54 Å². The Hall–Kier alpha value is -1.15. The van der Waals surface area contributed by atoms with E-state index in [2.05, 4.69) is 41.0 Å². The number of rotatable bonds is 0. The van der Waals surface area contributed by atoms with E-state index in [1.807, 2.05) is 11.3 Å². The first kappa shape index (κ1) is 6.38. The summed E-state index contributed by atoms with van der Waals surface area (Å²) in [6.45, 7) is 1.04. The summed E-state index contributed by atoms with van der Waals surface area (Å²) in [5.41, 5.74) is 1.36. The van der Waals surface area contributed by atoms with Crippen molar-refractivity contribution >= 4 is 27.6 Å². The Morgan fingerprint density at radius 2 is 2.17 bits per heavy atom. The molecule has 1 aliphatic rings. The van der Waals surface area contributed by atoms with Crippen LogP contribution in [0.4, 0.5) is 0 Å². The summed E-state index contributed by atoms with van der Waals surface area (Å²) >= 11 is 1.86. The van der Waals surface area contributed by atoms with Gasteiger partial charge in [-0.2, -0.15) is 4.57 Å². The maximum atomic E-state index is 2.35. The van der Waals surface area contributed by atoms with Gasteiger partial charge in [-0.1, -0.05) is 23.5 Å². The lowest BCUT2D eigenvalue weighted by Crippen LogP contribution is -2.30. The van der Waals surface area contributed by atoms with E-state index < -0.39 is 0 Å². The van der Waals surface area contributed by atoms with Crippen molar-refractivity contribution < 1.29 is 4.57 Å². The number of hydrogen-bond donors (Lipinski definition) is 0. The Morgan fingerprint density at radius 3 is 3.17 bits per heavy atom. The first-order valence-corrected chi connectivity index (χ1v) is 4.85. The van der Waals surface area contributed by atoms with E-state index in [1.165, 1.54) is 15.2 Å². The zero-order chi connectivity index (χ0) is 7.97. The van der Waals surface area contributed by atoms with E-state index in [0.29, 0.717) is 0 Å². The summed E-state index contributed by atoms with van der Waals surface area (Å²) < 4.78 is 3.73. The monoisotopic (exact) mass is 174 g/mol. The second kappa shape index (κ2) is 2.17. The Kier molecular flexibility index (Phi) is 1.15. The summed E-state index contributed by atoms with van der Waals surface area (Å²) in [6, 6.07) is 8.56. The van der Waals surface area contributed by atoms with Crippen LogP contribution in [0.2, 0.25) is 0 Å². The largest absolute Gasteiger partial charge is 0.262 e. The molecule has 1 aromatic heterocycles. The third-order valence-electron chi connectivity index (χ3n) is 2.19. The summed E-state index contributed by atoms with van der Waals surface area (Å²) in [5.74, 6) is 0. The molecule has 0 saturated heterocycles. The number of nitrogens with zero attached hydrogens (tertiary/aromatic N) is 1. The highest BCUT2D eigenvalue weighted by Crippen LogP contribution is 2.22. The first-order chi connectivity index (χ1) is 5.95. The third kappa shape index (κ3) is 0.703. The fourth-order valence-corrected chi connectivity index (χ4v) is 2.73. The maximum Gasteiger partial charge on any atom is 0.262 e. The van der Waals surface area contributed by atoms with Crippen LogP contribution in [0, 0.1) is 0 Å². The topological polar surface area (TPSA) is 3.88 Å². The van der Waals surface area contributed by atoms with Crippen molar-refractivity contribution in [2.24, 2.45) is 0 Å². The fourth-order valence-electron chi connectivity index (χ4n) is 1.62. The molecule has 0 unspecified atom stereocenters. The van der Waals surface area contributed by atoms with Gasteiger partial charge in [0.05, 0.1) is 0 Å². The van der Waals surface area contributed by atoms with Crippen molar-refractivity contribution in [2.75, 3.05) is 0 Å². The molecule has 0 spiro atoms. The van der Waals surface area contributed by atoms with Crippen LogP contribution in [-0.4, -0.2) is 0 Å². The van der Waals surface area contributed by atoms with Gasteiger partial charge in [0.15, 0.2) is 6.54 Å². The molecule has 0 amide bonds. The highest BCUT2D eigenvalue weighted by molar-refractivity contribution is 7.18. The van der Waals surface area contributed by atoms with Crippen molar-refractivity contribution in [1.29, 1.82) is 0 Å². The number of benzene rings is 1. The van der Waals surface area contributed by atoms with Gasteiger partial charge in [-0.15, -0.1) is 0 Å². The van der Waals surface area contributed by atoms with Gasteiger partial charge in [0, 0.05) is 12.1 Å². The Morgan fingerprint density at radius 1 is 1.25 bits per heavy atom. The molecule has 0 N–H and O–H groups in total. The van der Waals surface area contributed by atoms with Crippen molar-refractivity contribution in [3.05, 3.63) is 35.3 Å². The smallest absolute Gasteiger partial charge is 0.178 e. The minimum atomic E-state index is 1.04. The maximum absolute atomic E-state index is 2.35. The zero-order valence-corrected chi connectivity index (χ0v) is 7.34. The van der Waals surface area contributed by atoms with Crippen LogP contribution < -0.4 is 4.57 Å². The van der Waals surface area contributed by atoms with Gasteiger partial charge in [-0.3, -0.25) is 0 Å². The van der Waals surface area contributed by atoms with Crippen LogP contribution in [0.3, 0.4) is 0 Å². The molecule has 3 rings (SSSR count).